The summed E-state index contributed by atoms with van der Waals surface area (Å²) in [5.74, 6) is 0. The van der Waals surface area contributed by atoms with E-state index < -0.39 is 0 Å². The van der Waals surface area contributed by atoms with Crippen LogP contribution in [0, 0.1) is 0 Å². The van der Waals surface area contributed by atoms with E-state index in [2.05, 4.69) is 196 Å². The summed E-state index contributed by atoms with van der Waals surface area (Å²) in [4.78, 5) is 0. The Morgan fingerprint density at radius 1 is 0.362 bits per heavy atom. The molecule has 58 heavy (non-hydrogen) atoms. The Hall–Kier alpha value is -7.70. The van der Waals surface area contributed by atoms with Crippen LogP contribution >= 0.6 is 0 Å². The van der Waals surface area contributed by atoms with Crippen LogP contribution in [0.1, 0.15) is 0 Å². The van der Waals surface area contributed by atoms with Crippen molar-refractivity contribution in [3.8, 4) is 39.3 Å². The molecule has 0 saturated carbocycles. The molecule has 0 amide bonds. The largest absolute Gasteiger partial charge is 0.303 e. The highest BCUT2D eigenvalue weighted by Crippen LogP contribution is 2.47. The standard InChI is InChI=1S/C52H30BN5/c1-5-17-31(18-6-1)34-29-40-48-41(30-34)58-50-43(47(55-58)33-21-9-3-10-22-33)37-26-14-16-28-39(37)45-52(50)56(48)51-44(53(45)35-23-11-4-12-24-35)38-27-15-13-25-36(38)42-46(54-57(40)49(42)51)32-19-7-2-8-20-32/h1-30H. The molecule has 0 unspecified atom stereocenters. The van der Waals surface area contributed by atoms with Crippen molar-refractivity contribution in [3.05, 3.63) is 182 Å². The van der Waals surface area contributed by atoms with Crippen molar-refractivity contribution in [2.75, 3.05) is 0 Å². The zero-order chi connectivity index (χ0) is 37.6. The molecule has 14 rings (SSSR count). The average molecular weight is 736 g/mol. The van der Waals surface area contributed by atoms with Crippen molar-refractivity contribution in [1.82, 2.24) is 23.8 Å². The van der Waals surface area contributed by atoms with Gasteiger partial charge in [0.2, 0.25) is 6.71 Å². The lowest BCUT2D eigenvalue weighted by Gasteiger charge is -2.33. The van der Waals surface area contributed by atoms with Gasteiger partial charge in [-0.15, -0.1) is 0 Å². The lowest BCUT2D eigenvalue weighted by atomic mass is 9.34. The van der Waals surface area contributed by atoms with Crippen LogP contribution in [0.25, 0.3) is 105 Å². The van der Waals surface area contributed by atoms with E-state index in [1.807, 2.05) is 0 Å². The van der Waals surface area contributed by atoms with Gasteiger partial charge < -0.3 is 4.57 Å². The van der Waals surface area contributed by atoms with E-state index in [-0.39, 0.29) is 6.71 Å². The minimum Gasteiger partial charge on any atom is -0.303 e. The number of fused-ring (bicyclic) bond motifs is 8. The fourth-order valence-electron chi connectivity index (χ4n) is 10.6. The van der Waals surface area contributed by atoms with E-state index in [4.69, 9.17) is 10.2 Å². The summed E-state index contributed by atoms with van der Waals surface area (Å²) in [5.41, 5.74) is 18.2. The number of rotatable bonds is 4. The molecule has 3 aliphatic heterocycles. The lowest BCUT2D eigenvalue weighted by Crippen LogP contribution is -2.56. The molecule has 0 N–H and O–H groups in total. The molecule has 5 heterocycles. The van der Waals surface area contributed by atoms with Crippen molar-refractivity contribution in [3.63, 3.8) is 0 Å². The van der Waals surface area contributed by atoms with Gasteiger partial charge in [-0.05, 0) is 55.7 Å². The normalized spacial score (nSPS) is 12.8. The molecule has 0 bridgehead atoms. The molecule has 2 aromatic heterocycles. The minimum absolute atomic E-state index is 0.0650. The second-order valence-corrected chi connectivity index (χ2v) is 15.7. The predicted molar refractivity (Wildman–Crippen MR) is 241 cm³/mol. The van der Waals surface area contributed by atoms with Gasteiger partial charge in [-0.3, -0.25) is 0 Å². The van der Waals surface area contributed by atoms with Crippen molar-refractivity contribution >= 4 is 88.5 Å². The van der Waals surface area contributed by atoms with Crippen LogP contribution in [0.5, 0.6) is 0 Å². The molecular formula is C52H30BN5. The summed E-state index contributed by atoms with van der Waals surface area (Å²) in [5, 5.41) is 18.6. The van der Waals surface area contributed by atoms with Crippen molar-refractivity contribution in [1.29, 1.82) is 0 Å². The molecule has 9 aromatic carbocycles. The highest BCUT2D eigenvalue weighted by Gasteiger charge is 2.41. The first-order chi connectivity index (χ1) is 28.8. The first kappa shape index (κ1) is 30.5. The Labute approximate surface area is 332 Å². The summed E-state index contributed by atoms with van der Waals surface area (Å²) >= 11 is 0. The van der Waals surface area contributed by atoms with Gasteiger partial charge in [-0.1, -0.05) is 175 Å². The van der Waals surface area contributed by atoms with Crippen LogP contribution in [0.15, 0.2) is 182 Å². The molecule has 0 atom stereocenters. The molecule has 6 heteroatoms. The summed E-state index contributed by atoms with van der Waals surface area (Å²) in [6.07, 6.45) is 0. The first-order valence-corrected chi connectivity index (χ1v) is 20.0. The highest BCUT2D eigenvalue weighted by atomic mass is 15.3. The number of benzene rings is 9. The van der Waals surface area contributed by atoms with Crippen LogP contribution in [-0.4, -0.2) is 30.5 Å². The Morgan fingerprint density at radius 2 is 0.759 bits per heavy atom. The van der Waals surface area contributed by atoms with E-state index in [0.717, 1.165) is 61.4 Å². The SMILES string of the molecule is c1ccc(B2c3c4ccccc4c4c(-c5ccccc5)nn5c6cc(-c7ccccc7)cc7c6-n(c3c45)c3c2c2ccccc2c2c(-c4ccccc4)nn7c23)cc1. The number of aromatic nitrogens is 5. The summed E-state index contributed by atoms with van der Waals surface area (Å²) in [7, 11) is 0. The zero-order valence-electron chi connectivity index (χ0n) is 31.1. The molecule has 5 nitrogen and oxygen atoms in total. The monoisotopic (exact) mass is 735 g/mol. The van der Waals surface area contributed by atoms with Crippen LogP contribution < -0.4 is 16.4 Å². The highest BCUT2D eigenvalue weighted by molar-refractivity contribution is 7.01. The average Bonchev–Trinajstić information content (AvgIpc) is 3.91. The summed E-state index contributed by atoms with van der Waals surface area (Å²) in [6, 6.07) is 66.0. The fraction of sp³-hybridized carbons (Fsp3) is 0. The van der Waals surface area contributed by atoms with Gasteiger partial charge in [0.25, 0.3) is 0 Å². The fourth-order valence-corrected chi connectivity index (χ4v) is 10.6. The van der Waals surface area contributed by atoms with Gasteiger partial charge in [0.1, 0.15) is 11.4 Å². The minimum atomic E-state index is -0.0650. The third-order valence-corrected chi connectivity index (χ3v) is 12.8. The van der Waals surface area contributed by atoms with Gasteiger partial charge in [0.15, 0.2) is 0 Å². The van der Waals surface area contributed by atoms with Crippen LogP contribution in [-0.2, 0) is 0 Å². The molecule has 0 saturated heterocycles. The summed E-state index contributed by atoms with van der Waals surface area (Å²) < 4.78 is 7.16. The quantitative estimate of drug-likeness (QED) is 0.103. The Kier molecular flexibility index (Phi) is 5.78. The second-order valence-electron chi connectivity index (χ2n) is 15.7. The van der Waals surface area contributed by atoms with Gasteiger partial charge >= 0.3 is 0 Å². The summed E-state index contributed by atoms with van der Waals surface area (Å²) in [6.45, 7) is -0.0650. The van der Waals surface area contributed by atoms with Crippen LogP contribution in [0.2, 0.25) is 0 Å². The predicted octanol–water partition coefficient (Wildman–Crippen LogP) is 10.2. The van der Waals surface area contributed by atoms with E-state index in [0.29, 0.717) is 0 Å². The molecule has 0 spiro atoms. The van der Waals surface area contributed by atoms with Gasteiger partial charge in [0.05, 0.1) is 38.8 Å². The maximum atomic E-state index is 5.68. The molecule has 0 radical (unpaired) electrons. The molecular weight excluding hydrogens is 705 g/mol. The molecule has 0 aliphatic carbocycles. The zero-order valence-corrected chi connectivity index (χ0v) is 31.1. The number of hydrogen-bond donors (Lipinski definition) is 0. The van der Waals surface area contributed by atoms with Crippen molar-refractivity contribution < 1.29 is 0 Å². The van der Waals surface area contributed by atoms with Crippen LogP contribution in [0.3, 0.4) is 0 Å². The van der Waals surface area contributed by atoms with Gasteiger partial charge in [-0.2, -0.15) is 10.2 Å². The maximum Gasteiger partial charge on any atom is 0.248 e. The van der Waals surface area contributed by atoms with E-state index in [1.54, 1.807) is 0 Å². The third-order valence-electron chi connectivity index (χ3n) is 12.8. The smallest absolute Gasteiger partial charge is 0.248 e. The number of nitrogens with zero attached hydrogens (tertiary/aromatic N) is 5. The van der Waals surface area contributed by atoms with Crippen molar-refractivity contribution in [2.24, 2.45) is 0 Å². The van der Waals surface area contributed by atoms with E-state index >= 15 is 0 Å². The molecule has 266 valence electrons. The van der Waals surface area contributed by atoms with E-state index in [1.165, 1.54) is 59.7 Å². The third kappa shape index (κ3) is 3.73. The Balaban J connectivity index is 1.35. The van der Waals surface area contributed by atoms with Gasteiger partial charge in [0, 0.05) is 21.9 Å². The first-order valence-electron chi connectivity index (χ1n) is 20.0. The van der Waals surface area contributed by atoms with Crippen LogP contribution in [0.4, 0.5) is 0 Å². The van der Waals surface area contributed by atoms with E-state index in [9.17, 15) is 0 Å². The Morgan fingerprint density at radius 3 is 1.22 bits per heavy atom. The molecule has 3 aliphatic rings. The van der Waals surface area contributed by atoms with Gasteiger partial charge in [-0.25, -0.2) is 9.03 Å². The second kappa shape index (κ2) is 11.0. The Bertz CT molecular complexity index is 3570. The maximum absolute atomic E-state index is 5.68. The topological polar surface area (TPSA) is 39.5 Å². The van der Waals surface area contributed by atoms with Crippen molar-refractivity contribution in [2.45, 2.75) is 0 Å². The number of hydrogen-bond acceptors (Lipinski definition) is 2. The molecule has 0 fully saturated rings. The lowest BCUT2D eigenvalue weighted by molar-refractivity contribution is 0.954. The molecule has 11 aromatic rings.